The van der Waals surface area contributed by atoms with Gasteiger partial charge in [-0.15, -0.1) is 11.6 Å². The molecule has 1 fully saturated rings. The van der Waals surface area contributed by atoms with E-state index in [1.54, 1.807) is 6.26 Å². The van der Waals surface area contributed by atoms with Gasteiger partial charge in [-0.3, -0.25) is 0 Å². The average molecular weight is 271 g/mol. The highest BCUT2D eigenvalue weighted by atomic mass is 35.5. The lowest BCUT2D eigenvalue weighted by Crippen LogP contribution is -2.26. The van der Waals surface area contributed by atoms with Gasteiger partial charge < -0.3 is 9.32 Å². The first kappa shape index (κ1) is 13.7. The number of hydrogen-bond acceptors (Lipinski definition) is 3. The Morgan fingerprint density at radius 3 is 2.78 bits per heavy atom. The Morgan fingerprint density at radius 1 is 1.39 bits per heavy atom. The van der Waals surface area contributed by atoms with Crippen LogP contribution in [0.2, 0.25) is 0 Å². The lowest BCUT2D eigenvalue weighted by molar-refractivity contribution is 0.220. The van der Waals surface area contributed by atoms with Gasteiger partial charge >= 0.3 is 0 Å². The highest BCUT2D eigenvalue weighted by Gasteiger charge is 2.28. The van der Waals surface area contributed by atoms with Crippen LogP contribution in [0.5, 0.6) is 0 Å². The first-order valence-electron chi connectivity index (χ1n) is 6.76. The summed E-state index contributed by atoms with van der Waals surface area (Å²) >= 11 is 5.75. The third-order valence-corrected chi connectivity index (χ3v) is 4.17. The minimum Gasteiger partial charge on any atom is -0.432 e. The van der Waals surface area contributed by atoms with Crippen molar-refractivity contribution in [2.45, 2.75) is 45.9 Å². The maximum Gasteiger partial charge on any atom is 0.297 e. The molecule has 0 bridgehead atoms. The van der Waals surface area contributed by atoms with Gasteiger partial charge in [-0.05, 0) is 30.6 Å². The zero-order chi connectivity index (χ0) is 13.2. The smallest absolute Gasteiger partial charge is 0.297 e. The van der Waals surface area contributed by atoms with Crippen LogP contribution in [0, 0.1) is 11.3 Å². The van der Waals surface area contributed by atoms with Crippen LogP contribution in [0.3, 0.4) is 0 Å². The molecule has 1 atom stereocenters. The topological polar surface area (TPSA) is 29.3 Å². The van der Waals surface area contributed by atoms with Gasteiger partial charge in [0.2, 0.25) is 0 Å². The van der Waals surface area contributed by atoms with Crippen LogP contribution in [-0.4, -0.2) is 18.1 Å². The molecule has 1 aliphatic heterocycles. The Morgan fingerprint density at radius 2 is 2.17 bits per heavy atom. The summed E-state index contributed by atoms with van der Waals surface area (Å²) in [5, 5.41) is 0. The Bertz CT molecular complexity index is 383. The number of anilines is 1. The number of aromatic nitrogens is 1. The monoisotopic (exact) mass is 270 g/mol. The van der Waals surface area contributed by atoms with E-state index in [4.69, 9.17) is 16.0 Å². The molecule has 1 aliphatic rings. The van der Waals surface area contributed by atoms with E-state index in [1.165, 1.54) is 19.3 Å². The number of hydrogen-bond donors (Lipinski definition) is 0. The van der Waals surface area contributed by atoms with Crippen molar-refractivity contribution in [1.29, 1.82) is 0 Å². The summed E-state index contributed by atoms with van der Waals surface area (Å²) in [6.45, 7) is 9.08. The van der Waals surface area contributed by atoms with Crippen molar-refractivity contribution in [3.8, 4) is 0 Å². The number of halogens is 1. The molecule has 18 heavy (non-hydrogen) atoms. The predicted molar refractivity (Wildman–Crippen MR) is 75.1 cm³/mol. The Balaban J connectivity index is 2.00. The maximum absolute atomic E-state index is 5.75. The quantitative estimate of drug-likeness (QED) is 0.759. The van der Waals surface area contributed by atoms with Crippen molar-refractivity contribution in [2.75, 3.05) is 18.0 Å². The minimum absolute atomic E-state index is 0.397. The Kier molecular flexibility index (Phi) is 4.21. The molecular formula is C14H23ClN2O. The van der Waals surface area contributed by atoms with Crippen molar-refractivity contribution in [3.05, 3.63) is 12.0 Å². The summed E-state index contributed by atoms with van der Waals surface area (Å²) in [6.07, 6.45) is 5.38. The molecule has 1 saturated heterocycles. The second-order valence-corrected chi connectivity index (χ2v) is 6.50. The molecule has 3 nitrogen and oxygen atoms in total. The van der Waals surface area contributed by atoms with Crippen LogP contribution in [0.15, 0.2) is 10.7 Å². The molecule has 0 N–H and O–H groups in total. The van der Waals surface area contributed by atoms with Crippen LogP contribution in [-0.2, 0) is 5.88 Å². The SMILES string of the molecule is CC(C)(C)C1CCCN(c2nc(CCl)co2)CC1. The highest BCUT2D eigenvalue weighted by Crippen LogP contribution is 2.35. The van der Waals surface area contributed by atoms with Gasteiger partial charge in [-0.1, -0.05) is 20.8 Å². The van der Waals surface area contributed by atoms with E-state index in [-0.39, 0.29) is 0 Å². The number of oxazole rings is 1. The normalized spacial score (nSPS) is 22.0. The molecule has 0 saturated carbocycles. The molecule has 0 spiro atoms. The van der Waals surface area contributed by atoms with E-state index in [0.717, 1.165) is 30.7 Å². The molecule has 2 rings (SSSR count). The summed E-state index contributed by atoms with van der Waals surface area (Å²) in [5.41, 5.74) is 1.22. The van der Waals surface area contributed by atoms with Crippen molar-refractivity contribution >= 4 is 17.6 Å². The molecule has 0 radical (unpaired) electrons. The zero-order valence-corrected chi connectivity index (χ0v) is 12.3. The molecular weight excluding hydrogens is 248 g/mol. The highest BCUT2D eigenvalue weighted by molar-refractivity contribution is 6.16. The number of rotatable bonds is 2. The summed E-state index contributed by atoms with van der Waals surface area (Å²) in [7, 11) is 0. The molecule has 102 valence electrons. The van der Waals surface area contributed by atoms with E-state index in [0.29, 0.717) is 11.3 Å². The van der Waals surface area contributed by atoms with Gasteiger partial charge in [0.05, 0.1) is 11.6 Å². The molecule has 0 aliphatic carbocycles. The van der Waals surface area contributed by atoms with Crippen molar-refractivity contribution in [2.24, 2.45) is 11.3 Å². The fourth-order valence-corrected chi connectivity index (χ4v) is 2.78. The molecule has 1 unspecified atom stereocenters. The van der Waals surface area contributed by atoms with Gasteiger partial charge in [0.1, 0.15) is 6.26 Å². The summed E-state index contributed by atoms with van der Waals surface area (Å²) < 4.78 is 5.50. The van der Waals surface area contributed by atoms with Gasteiger partial charge in [-0.25, -0.2) is 0 Å². The summed E-state index contributed by atoms with van der Waals surface area (Å²) in [5.74, 6) is 1.20. The predicted octanol–water partition coefficient (Wildman–Crippen LogP) is 4.07. The zero-order valence-electron chi connectivity index (χ0n) is 11.6. The van der Waals surface area contributed by atoms with E-state index >= 15 is 0 Å². The standard InChI is InChI=1S/C14H23ClN2O/c1-14(2,3)11-5-4-7-17(8-6-11)13-16-12(9-15)10-18-13/h10-11H,4-9H2,1-3H3. The van der Waals surface area contributed by atoms with Crippen LogP contribution in [0.1, 0.15) is 45.7 Å². The van der Waals surface area contributed by atoms with Gasteiger partial charge in [0, 0.05) is 13.1 Å². The fraction of sp³-hybridized carbons (Fsp3) is 0.786. The molecule has 0 aromatic carbocycles. The van der Waals surface area contributed by atoms with E-state index in [1.807, 2.05) is 0 Å². The fourth-order valence-electron chi connectivity index (χ4n) is 2.66. The third kappa shape index (κ3) is 3.19. The largest absolute Gasteiger partial charge is 0.432 e. The van der Waals surface area contributed by atoms with Crippen molar-refractivity contribution in [1.82, 2.24) is 4.98 Å². The molecule has 2 heterocycles. The lowest BCUT2D eigenvalue weighted by atomic mass is 9.77. The van der Waals surface area contributed by atoms with Crippen molar-refractivity contribution in [3.63, 3.8) is 0 Å². The summed E-state index contributed by atoms with van der Waals surface area (Å²) in [6, 6.07) is 0.736. The first-order valence-corrected chi connectivity index (χ1v) is 7.29. The second-order valence-electron chi connectivity index (χ2n) is 6.24. The number of nitrogens with zero attached hydrogens (tertiary/aromatic N) is 2. The molecule has 1 aromatic rings. The maximum atomic E-state index is 5.75. The second kappa shape index (κ2) is 5.52. The molecule has 0 amide bonds. The lowest BCUT2D eigenvalue weighted by Gasteiger charge is -2.29. The van der Waals surface area contributed by atoms with Crippen molar-refractivity contribution < 1.29 is 4.42 Å². The van der Waals surface area contributed by atoms with Gasteiger partial charge in [-0.2, -0.15) is 4.98 Å². The Labute approximate surface area is 115 Å². The minimum atomic E-state index is 0.397. The van der Waals surface area contributed by atoms with Crippen LogP contribution >= 0.6 is 11.6 Å². The average Bonchev–Trinajstić information content (AvgIpc) is 2.64. The first-order chi connectivity index (χ1) is 8.50. The third-order valence-electron chi connectivity index (χ3n) is 3.90. The van der Waals surface area contributed by atoms with Crippen LogP contribution in [0.4, 0.5) is 6.01 Å². The molecule has 1 aromatic heterocycles. The summed E-state index contributed by atoms with van der Waals surface area (Å²) in [4.78, 5) is 6.66. The van der Waals surface area contributed by atoms with Gasteiger partial charge in [0.15, 0.2) is 0 Å². The van der Waals surface area contributed by atoms with Crippen LogP contribution in [0.25, 0.3) is 0 Å². The Hall–Kier alpha value is -0.700. The molecule has 4 heteroatoms. The van der Waals surface area contributed by atoms with E-state index < -0.39 is 0 Å². The number of alkyl halides is 1. The van der Waals surface area contributed by atoms with Gasteiger partial charge in [0.25, 0.3) is 6.01 Å². The van der Waals surface area contributed by atoms with E-state index in [2.05, 4.69) is 30.7 Å². The van der Waals surface area contributed by atoms with Crippen LogP contribution < -0.4 is 4.90 Å². The van der Waals surface area contributed by atoms with E-state index in [9.17, 15) is 0 Å².